The van der Waals surface area contributed by atoms with E-state index in [0.717, 1.165) is 11.5 Å². The van der Waals surface area contributed by atoms with Crippen LogP contribution in [0, 0.1) is 5.92 Å². The molecule has 1 fully saturated rings. The van der Waals surface area contributed by atoms with Crippen LogP contribution in [0.4, 0.5) is 4.79 Å². The Balaban J connectivity index is 2.76. The third-order valence-corrected chi connectivity index (χ3v) is 2.93. The van der Waals surface area contributed by atoms with E-state index >= 15 is 0 Å². The highest BCUT2D eigenvalue weighted by Gasteiger charge is 2.36. The molecule has 2 unspecified atom stereocenters. The Kier molecular flexibility index (Phi) is 4.12. The second kappa shape index (κ2) is 5.16. The normalized spacial score (nSPS) is 25.3. The Morgan fingerprint density at radius 3 is 2.56 bits per heavy atom. The van der Waals surface area contributed by atoms with Gasteiger partial charge in [0, 0.05) is 13.6 Å². The predicted octanol–water partition coefficient (Wildman–Crippen LogP) is 0.785. The minimum Gasteiger partial charge on any atom is -0.465 e. The zero-order valence-electron chi connectivity index (χ0n) is 9.84. The van der Waals surface area contributed by atoms with E-state index in [1.165, 1.54) is 19.1 Å². The number of likely N-dealkylation sites (tertiary alicyclic amines) is 1. The molecule has 1 aliphatic rings. The summed E-state index contributed by atoms with van der Waals surface area (Å²) in [5, 5.41) is 10.1. The highest BCUT2D eigenvalue weighted by atomic mass is 16.7. The summed E-state index contributed by atoms with van der Waals surface area (Å²) in [6, 6.07) is -0.612. The van der Waals surface area contributed by atoms with Gasteiger partial charge in [-0.1, -0.05) is 6.92 Å². The van der Waals surface area contributed by atoms with Gasteiger partial charge in [-0.05, 0) is 18.8 Å². The number of carbonyl (C=O) groups is 2. The van der Waals surface area contributed by atoms with Crippen LogP contribution < -0.4 is 0 Å². The topological polar surface area (TPSA) is 70.1 Å². The molecule has 0 radical (unpaired) electrons. The zero-order chi connectivity index (χ0) is 12.3. The van der Waals surface area contributed by atoms with Gasteiger partial charge in [0.25, 0.3) is 5.91 Å². The fourth-order valence-corrected chi connectivity index (χ4v) is 1.92. The Morgan fingerprint density at radius 2 is 2.06 bits per heavy atom. The first-order chi connectivity index (χ1) is 7.47. The van der Waals surface area contributed by atoms with E-state index in [1.54, 1.807) is 0 Å². The van der Waals surface area contributed by atoms with Crippen LogP contribution in [-0.4, -0.2) is 53.8 Å². The van der Waals surface area contributed by atoms with Crippen molar-refractivity contribution in [2.75, 3.05) is 20.7 Å². The van der Waals surface area contributed by atoms with Crippen LogP contribution in [0.25, 0.3) is 0 Å². The monoisotopic (exact) mass is 230 g/mol. The van der Waals surface area contributed by atoms with Crippen LogP contribution in [0.5, 0.6) is 0 Å². The second-order valence-electron chi connectivity index (χ2n) is 4.15. The van der Waals surface area contributed by atoms with Crippen LogP contribution in [0.3, 0.4) is 0 Å². The van der Waals surface area contributed by atoms with Crippen LogP contribution in [0.15, 0.2) is 0 Å². The van der Waals surface area contributed by atoms with Crippen molar-refractivity contribution in [2.45, 2.75) is 25.8 Å². The molecule has 0 aromatic carbocycles. The molecule has 0 aliphatic carbocycles. The third-order valence-electron chi connectivity index (χ3n) is 2.93. The van der Waals surface area contributed by atoms with E-state index in [-0.39, 0.29) is 5.91 Å². The maximum absolute atomic E-state index is 11.8. The third kappa shape index (κ3) is 2.63. The van der Waals surface area contributed by atoms with Crippen molar-refractivity contribution < 1.29 is 19.5 Å². The van der Waals surface area contributed by atoms with Gasteiger partial charge in [0.15, 0.2) is 0 Å². The van der Waals surface area contributed by atoms with Gasteiger partial charge in [-0.2, -0.15) is 0 Å². The minimum absolute atomic E-state index is 0.299. The number of rotatable bonds is 2. The molecule has 0 bridgehead atoms. The molecule has 1 heterocycles. The molecule has 0 spiro atoms. The average molecular weight is 230 g/mol. The van der Waals surface area contributed by atoms with Gasteiger partial charge < -0.3 is 5.11 Å². The molecule has 1 aliphatic heterocycles. The molecular weight excluding hydrogens is 212 g/mol. The van der Waals surface area contributed by atoms with E-state index in [4.69, 9.17) is 9.94 Å². The van der Waals surface area contributed by atoms with Gasteiger partial charge in [0.05, 0.1) is 7.11 Å². The van der Waals surface area contributed by atoms with E-state index in [1.807, 2.05) is 6.92 Å². The minimum atomic E-state index is -1.05. The predicted molar refractivity (Wildman–Crippen MR) is 56.7 cm³/mol. The molecule has 1 N–H and O–H groups in total. The zero-order valence-corrected chi connectivity index (χ0v) is 9.84. The number of carboxylic acid groups (broad SMARTS) is 1. The van der Waals surface area contributed by atoms with Crippen LogP contribution >= 0.6 is 0 Å². The lowest BCUT2D eigenvalue weighted by atomic mass is 9.94. The highest BCUT2D eigenvalue weighted by Crippen LogP contribution is 2.22. The van der Waals surface area contributed by atoms with Gasteiger partial charge in [-0.3, -0.25) is 14.5 Å². The van der Waals surface area contributed by atoms with Gasteiger partial charge in [-0.25, -0.2) is 9.86 Å². The SMILES string of the molecule is CON(C)C(=O)C1CCC(C)CN1C(=O)O. The number of amides is 2. The van der Waals surface area contributed by atoms with Crippen molar-refractivity contribution in [3.63, 3.8) is 0 Å². The average Bonchev–Trinajstić information content (AvgIpc) is 2.26. The number of piperidine rings is 1. The van der Waals surface area contributed by atoms with E-state index < -0.39 is 12.1 Å². The fraction of sp³-hybridized carbons (Fsp3) is 0.800. The van der Waals surface area contributed by atoms with Gasteiger partial charge in [0.2, 0.25) is 0 Å². The lowest BCUT2D eigenvalue weighted by Crippen LogP contribution is -2.53. The fourth-order valence-electron chi connectivity index (χ4n) is 1.92. The standard InChI is InChI=1S/C10H18N2O4/c1-7-4-5-8(9(13)11(2)16-3)12(6-7)10(14)15/h7-8H,4-6H2,1-3H3,(H,14,15). The number of carbonyl (C=O) groups excluding carboxylic acids is 1. The van der Waals surface area contributed by atoms with Crippen molar-refractivity contribution in [3.05, 3.63) is 0 Å². The second-order valence-corrected chi connectivity index (χ2v) is 4.15. The Morgan fingerprint density at radius 1 is 1.44 bits per heavy atom. The molecular formula is C10H18N2O4. The summed E-state index contributed by atoms with van der Waals surface area (Å²) >= 11 is 0. The van der Waals surface area contributed by atoms with Crippen molar-refractivity contribution in [3.8, 4) is 0 Å². The quantitative estimate of drug-likeness (QED) is 0.712. The Hall–Kier alpha value is -1.30. The number of hydrogen-bond acceptors (Lipinski definition) is 3. The maximum Gasteiger partial charge on any atom is 0.407 e. The van der Waals surface area contributed by atoms with Gasteiger partial charge in [-0.15, -0.1) is 0 Å². The van der Waals surface area contributed by atoms with Crippen molar-refractivity contribution in [1.29, 1.82) is 0 Å². The molecule has 16 heavy (non-hydrogen) atoms. The van der Waals surface area contributed by atoms with Crippen LogP contribution in [0.2, 0.25) is 0 Å². The van der Waals surface area contributed by atoms with Crippen molar-refractivity contribution in [2.24, 2.45) is 5.92 Å². The molecule has 0 saturated carbocycles. The van der Waals surface area contributed by atoms with Crippen LogP contribution in [-0.2, 0) is 9.63 Å². The maximum atomic E-state index is 11.8. The first-order valence-corrected chi connectivity index (χ1v) is 5.28. The summed E-state index contributed by atoms with van der Waals surface area (Å²) in [6.07, 6.45) is 0.368. The number of hydrogen-bond donors (Lipinski definition) is 1. The summed E-state index contributed by atoms with van der Waals surface area (Å²) in [7, 11) is 2.87. The molecule has 2 atom stereocenters. The molecule has 6 nitrogen and oxygen atoms in total. The van der Waals surface area contributed by atoms with E-state index in [9.17, 15) is 9.59 Å². The summed E-state index contributed by atoms with van der Waals surface area (Å²) in [4.78, 5) is 28.9. The Bertz CT molecular complexity index is 282. The summed E-state index contributed by atoms with van der Waals surface area (Å²) in [6.45, 7) is 2.39. The molecule has 92 valence electrons. The Labute approximate surface area is 94.7 Å². The lowest BCUT2D eigenvalue weighted by Gasteiger charge is -2.36. The number of likely N-dealkylation sites (N-methyl/N-ethyl adjacent to an activating group) is 1. The van der Waals surface area contributed by atoms with Gasteiger partial charge in [0.1, 0.15) is 6.04 Å². The van der Waals surface area contributed by atoms with Crippen molar-refractivity contribution >= 4 is 12.0 Å². The van der Waals surface area contributed by atoms with Crippen molar-refractivity contribution in [1.82, 2.24) is 9.96 Å². The highest BCUT2D eigenvalue weighted by molar-refractivity contribution is 5.84. The summed E-state index contributed by atoms with van der Waals surface area (Å²) in [5.74, 6) is -0.00944. The first-order valence-electron chi connectivity index (χ1n) is 5.28. The smallest absolute Gasteiger partial charge is 0.407 e. The molecule has 0 aromatic rings. The molecule has 6 heteroatoms. The number of nitrogens with zero attached hydrogens (tertiary/aromatic N) is 2. The number of hydroxylamine groups is 2. The van der Waals surface area contributed by atoms with Crippen LogP contribution in [0.1, 0.15) is 19.8 Å². The lowest BCUT2D eigenvalue weighted by molar-refractivity contribution is -0.175. The molecule has 1 rings (SSSR count). The van der Waals surface area contributed by atoms with E-state index in [0.29, 0.717) is 18.9 Å². The largest absolute Gasteiger partial charge is 0.465 e. The molecule has 1 saturated heterocycles. The van der Waals surface area contributed by atoms with Gasteiger partial charge >= 0.3 is 6.09 Å². The first kappa shape index (κ1) is 12.8. The molecule has 0 aromatic heterocycles. The summed E-state index contributed by atoms with van der Waals surface area (Å²) < 4.78 is 0. The summed E-state index contributed by atoms with van der Waals surface area (Å²) in [5.41, 5.74) is 0. The molecule has 2 amide bonds. The van der Waals surface area contributed by atoms with E-state index in [2.05, 4.69) is 0 Å².